The van der Waals surface area contributed by atoms with Crippen LogP contribution in [0.4, 0.5) is 0 Å². The SMILES string of the molecule is CC(NC(=O)CCc1cccs1)c1ncn[nH]1. The van der Waals surface area contributed by atoms with E-state index in [2.05, 4.69) is 20.5 Å². The van der Waals surface area contributed by atoms with Crippen LogP contribution in [0.1, 0.15) is 30.1 Å². The number of amides is 1. The molecule has 0 aromatic carbocycles. The largest absolute Gasteiger partial charge is 0.346 e. The van der Waals surface area contributed by atoms with Crippen LogP contribution in [-0.4, -0.2) is 21.1 Å². The van der Waals surface area contributed by atoms with E-state index < -0.39 is 0 Å². The van der Waals surface area contributed by atoms with Crippen LogP contribution >= 0.6 is 11.3 Å². The quantitative estimate of drug-likeness (QED) is 0.848. The molecule has 0 aliphatic heterocycles. The van der Waals surface area contributed by atoms with Crippen molar-refractivity contribution >= 4 is 17.2 Å². The van der Waals surface area contributed by atoms with Crippen LogP contribution in [-0.2, 0) is 11.2 Å². The smallest absolute Gasteiger partial charge is 0.220 e. The molecule has 0 saturated heterocycles. The standard InChI is InChI=1S/C11H14N4OS/c1-8(11-12-7-13-15-11)14-10(16)5-4-9-3-2-6-17-9/h2-3,6-8H,4-5H2,1H3,(H,14,16)(H,12,13,15). The number of aryl methyl sites for hydroxylation is 1. The molecule has 0 bridgehead atoms. The average molecular weight is 250 g/mol. The number of rotatable bonds is 5. The highest BCUT2D eigenvalue weighted by molar-refractivity contribution is 7.09. The van der Waals surface area contributed by atoms with Crippen molar-refractivity contribution in [2.75, 3.05) is 0 Å². The summed E-state index contributed by atoms with van der Waals surface area (Å²) in [7, 11) is 0. The zero-order valence-corrected chi connectivity index (χ0v) is 10.3. The Labute approximate surface area is 103 Å². The Kier molecular flexibility index (Phi) is 3.87. The lowest BCUT2D eigenvalue weighted by molar-refractivity contribution is -0.121. The first-order chi connectivity index (χ1) is 8.25. The number of aromatic nitrogens is 3. The van der Waals surface area contributed by atoms with Gasteiger partial charge in [-0.15, -0.1) is 11.3 Å². The molecular weight excluding hydrogens is 236 g/mol. The van der Waals surface area contributed by atoms with Crippen LogP contribution in [0.25, 0.3) is 0 Å². The van der Waals surface area contributed by atoms with E-state index in [1.807, 2.05) is 24.4 Å². The van der Waals surface area contributed by atoms with Gasteiger partial charge < -0.3 is 5.32 Å². The third-order valence-corrected chi connectivity index (χ3v) is 3.34. The summed E-state index contributed by atoms with van der Waals surface area (Å²) in [6.45, 7) is 1.88. The molecule has 2 N–H and O–H groups in total. The Bertz CT molecular complexity index is 452. The van der Waals surface area contributed by atoms with Crippen molar-refractivity contribution in [3.63, 3.8) is 0 Å². The molecule has 0 radical (unpaired) electrons. The van der Waals surface area contributed by atoms with Gasteiger partial charge in [-0.25, -0.2) is 4.98 Å². The van der Waals surface area contributed by atoms with E-state index in [0.717, 1.165) is 6.42 Å². The number of hydrogen-bond donors (Lipinski definition) is 2. The van der Waals surface area contributed by atoms with Gasteiger partial charge in [-0.3, -0.25) is 9.89 Å². The maximum atomic E-state index is 11.7. The van der Waals surface area contributed by atoms with Crippen LogP contribution in [0.2, 0.25) is 0 Å². The summed E-state index contributed by atoms with van der Waals surface area (Å²) in [6.07, 6.45) is 2.72. The predicted octanol–water partition coefficient (Wildman–Crippen LogP) is 1.68. The zero-order chi connectivity index (χ0) is 12.1. The van der Waals surface area contributed by atoms with Gasteiger partial charge in [0.05, 0.1) is 6.04 Å². The molecule has 0 aliphatic carbocycles. The van der Waals surface area contributed by atoms with Gasteiger partial charge in [0.25, 0.3) is 0 Å². The summed E-state index contributed by atoms with van der Waals surface area (Å²) in [5, 5.41) is 11.4. The summed E-state index contributed by atoms with van der Waals surface area (Å²) >= 11 is 1.67. The van der Waals surface area contributed by atoms with Crippen LogP contribution < -0.4 is 5.32 Å². The molecule has 5 nitrogen and oxygen atoms in total. The maximum Gasteiger partial charge on any atom is 0.220 e. The first kappa shape index (κ1) is 11.8. The topological polar surface area (TPSA) is 70.7 Å². The Morgan fingerprint density at radius 2 is 2.53 bits per heavy atom. The summed E-state index contributed by atoms with van der Waals surface area (Å²) in [5.41, 5.74) is 0. The molecule has 2 aromatic heterocycles. The molecule has 2 aromatic rings. The van der Waals surface area contributed by atoms with Gasteiger partial charge >= 0.3 is 0 Å². The fourth-order valence-electron chi connectivity index (χ4n) is 1.50. The Hall–Kier alpha value is -1.69. The van der Waals surface area contributed by atoms with E-state index in [9.17, 15) is 4.79 Å². The molecule has 17 heavy (non-hydrogen) atoms. The Morgan fingerprint density at radius 3 is 3.18 bits per heavy atom. The highest BCUT2D eigenvalue weighted by Crippen LogP contribution is 2.11. The fraction of sp³-hybridized carbons (Fsp3) is 0.364. The average Bonchev–Trinajstić information content (AvgIpc) is 2.99. The van der Waals surface area contributed by atoms with Gasteiger partial charge in [-0.2, -0.15) is 5.10 Å². The second kappa shape index (κ2) is 5.58. The number of thiophene rings is 1. The number of nitrogens with one attached hydrogen (secondary N) is 2. The van der Waals surface area contributed by atoms with Gasteiger partial charge in [-0.05, 0) is 24.8 Å². The fourth-order valence-corrected chi connectivity index (χ4v) is 2.21. The van der Waals surface area contributed by atoms with Crippen molar-refractivity contribution < 1.29 is 4.79 Å². The Balaban J connectivity index is 1.77. The summed E-state index contributed by atoms with van der Waals surface area (Å²) < 4.78 is 0. The molecule has 1 unspecified atom stereocenters. The highest BCUT2D eigenvalue weighted by Gasteiger charge is 2.11. The lowest BCUT2D eigenvalue weighted by atomic mass is 10.2. The van der Waals surface area contributed by atoms with Crippen LogP contribution in [0, 0.1) is 0 Å². The zero-order valence-electron chi connectivity index (χ0n) is 9.51. The number of carbonyl (C=O) groups excluding carboxylic acids is 1. The van der Waals surface area contributed by atoms with Gasteiger partial charge in [-0.1, -0.05) is 6.07 Å². The number of nitrogens with zero attached hydrogens (tertiary/aromatic N) is 2. The van der Waals surface area contributed by atoms with Crippen LogP contribution in [0.3, 0.4) is 0 Å². The second-order valence-corrected chi connectivity index (χ2v) is 4.77. The van der Waals surface area contributed by atoms with Crippen molar-refractivity contribution in [3.8, 4) is 0 Å². The third-order valence-electron chi connectivity index (χ3n) is 2.40. The van der Waals surface area contributed by atoms with Gasteiger partial charge in [0.15, 0.2) is 0 Å². The minimum absolute atomic E-state index is 0.0299. The Morgan fingerprint density at radius 1 is 1.65 bits per heavy atom. The summed E-state index contributed by atoms with van der Waals surface area (Å²) in [5.74, 6) is 0.705. The number of carbonyl (C=O) groups is 1. The molecule has 0 spiro atoms. The lowest BCUT2D eigenvalue weighted by Gasteiger charge is -2.10. The van der Waals surface area contributed by atoms with Crippen molar-refractivity contribution in [2.45, 2.75) is 25.8 Å². The lowest BCUT2D eigenvalue weighted by Crippen LogP contribution is -2.27. The summed E-state index contributed by atoms with van der Waals surface area (Å²) in [4.78, 5) is 16.9. The van der Waals surface area contributed by atoms with E-state index in [-0.39, 0.29) is 11.9 Å². The third kappa shape index (κ3) is 3.39. The predicted molar refractivity (Wildman–Crippen MR) is 65.6 cm³/mol. The molecule has 6 heteroatoms. The molecule has 0 aliphatic rings. The normalized spacial score (nSPS) is 12.3. The van der Waals surface area contributed by atoms with Crippen molar-refractivity contribution in [3.05, 3.63) is 34.5 Å². The molecule has 0 fully saturated rings. The molecule has 0 saturated carbocycles. The van der Waals surface area contributed by atoms with E-state index in [1.165, 1.54) is 11.2 Å². The number of aromatic amines is 1. The van der Waals surface area contributed by atoms with E-state index in [0.29, 0.717) is 12.2 Å². The van der Waals surface area contributed by atoms with Crippen molar-refractivity contribution in [2.24, 2.45) is 0 Å². The van der Waals surface area contributed by atoms with Gasteiger partial charge in [0.2, 0.25) is 5.91 Å². The van der Waals surface area contributed by atoms with Crippen LogP contribution in [0.5, 0.6) is 0 Å². The van der Waals surface area contributed by atoms with Crippen LogP contribution in [0.15, 0.2) is 23.8 Å². The van der Waals surface area contributed by atoms with Gasteiger partial charge in [0.1, 0.15) is 12.2 Å². The van der Waals surface area contributed by atoms with Crippen molar-refractivity contribution in [1.29, 1.82) is 0 Å². The maximum absolute atomic E-state index is 11.7. The molecule has 2 heterocycles. The molecule has 1 atom stereocenters. The highest BCUT2D eigenvalue weighted by atomic mass is 32.1. The van der Waals surface area contributed by atoms with E-state index >= 15 is 0 Å². The second-order valence-electron chi connectivity index (χ2n) is 3.74. The molecule has 90 valence electrons. The molecule has 2 rings (SSSR count). The van der Waals surface area contributed by atoms with E-state index in [4.69, 9.17) is 0 Å². The molecular formula is C11H14N4OS. The number of H-pyrrole nitrogens is 1. The monoisotopic (exact) mass is 250 g/mol. The van der Waals surface area contributed by atoms with Crippen molar-refractivity contribution in [1.82, 2.24) is 20.5 Å². The summed E-state index contributed by atoms with van der Waals surface area (Å²) in [6, 6.07) is 3.90. The molecule has 1 amide bonds. The number of hydrogen-bond acceptors (Lipinski definition) is 4. The van der Waals surface area contributed by atoms with E-state index in [1.54, 1.807) is 11.3 Å². The minimum Gasteiger partial charge on any atom is -0.346 e. The van der Waals surface area contributed by atoms with Gasteiger partial charge in [0, 0.05) is 11.3 Å². The first-order valence-electron chi connectivity index (χ1n) is 5.42. The minimum atomic E-state index is -0.131. The first-order valence-corrected chi connectivity index (χ1v) is 6.30.